The largest absolute Gasteiger partial charge is 0.0985 e. The third-order valence-electron chi connectivity index (χ3n) is 7.85. The molecule has 0 aliphatic heterocycles. The first-order valence-electron chi connectivity index (χ1n) is 13.1. The van der Waals surface area contributed by atoms with Gasteiger partial charge in [0, 0.05) is 14.4 Å². The minimum absolute atomic E-state index is 0.0220. The van der Waals surface area contributed by atoms with Gasteiger partial charge in [0.1, 0.15) is 0 Å². The van der Waals surface area contributed by atoms with E-state index >= 15 is 0 Å². The summed E-state index contributed by atoms with van der Waals surface area (Å²) in [4.78, 5) is 0. The molecule has 0 heterocycles. The van der Waals surface area contributed by atoms with Crippen molar-refractivity contribution in [1.29, 1.82) is 0 Å². The zero-order valence-electron chi connectivity index (χ0n) is 21.2. The van der Waals surface area contributed by atoms with Crippen LogP contribution in [0.2, 0.25) is 0 Å². The first kappa shape index (κ1) is 25.9. The molecule has 0 atom stereocenters. The van der Waals surface area contributed by atoms with E-state index in [-0.39, 0.29) is 5.41 Å². The summed E-state index contributed by atoms with van der Waals surface area (Å²) in [5, 5.41) is 0. The first-order chi connectivity index (χ1) is 18.0. The zero-order valence-corrected chi connectivity index (χ0v) is 24.3. The third-order valence-corrected chi connectivity index (χ3v) is 8.84. The summed E-state index contributed by atoms with van der Waals surface area (Å²) in [5.41, 5.74) is 10.9. The van der Waals surface area contributed by atoms with Crippen molar-refractivity contribution in [3.8, 4) is 11.1 Å². The molecule has 0 nitrogen and oxygen atoms in total. The van der Waals surface area contributed by atoms with E-state index in [4.69, 9.17) is 0 Å². The summed E-state index contributed by atoms with van der Waals surface area (Å²) in [5.74, 6) is 0. The van der Waals surface area contributed by atoms with E-state index in [0.717, 1.165) is 47.5 Å². The monoisotopic (exact) mass is 610 g/mol. The van der Waals surface area contributed by atoms with E-state index in [0.29, 0.717) is 0 Å². The molecule has 37 heavy (non-hydrogen) atoms. The van der Waals surface area contributed by atoms with Crippen LogP contribution in [0.25, 0.3) is 23.3 Å². The lowest BCUT2D eigenvalue weighted by molar-refractivity contribution is 0.419. The standard InChI is InChI=1S/C35H32Br2/c1-3-25-9-13-27(14-10-25)7-5-21-35(22-6-8-28-15-11-26(4-2)12-16-28)33-19-17-29(36)23-31(33)32-24-30(37)18-20-34(32)35/h3-4,9-20,23-24H,1-2,5-8,21-22H2. The fourth-order valence-electron chi connectivity index (χ4n) is 5.95. The molecule has 186 valence electrons. The lowest BCUT2D eigenvalue weighted by atomic mass is 9.70. The van der Waals surface area contributed by atoms with Crippen LogP contribution in [0.1, 0.15) is 59.1 Å². The van der Waals surface area contributed by atoms with Crippen LogP contribution in [0.3, 0.4) is 0 Å². The summed E-state index contributed by atoms with van der Waals surface area (Å²) in [6.07, 6.45) is 10.5. The Kier molecular flexibility index (Phi) is 7.98. The van der Waals surface area contributed by atoms with Gasteiger partial charge < -0.3 is 0 Å². The summed E-state index contributed by atoms with van der Waals surface area (Å²) in [7, 11) is 0. The molecule has 0 aromatic heterocycles. The van der Waals surface area contributed by atoms with Crippen LogP contribution in [-0.4, -0.2) is 0 Å². The summed E-state index contributed by atoms with van der Waals surface area (Å²) >= 11 is 7.47. The van der Waals surface area contributed by atoms with Crippen molar-refractivity contribution in [2.75, 3.05) is 0 Å². The number of hydrogen-bond donors (Lipinski definition) is 0. The Balaban J connectivity index is 1.45. The summed E-state index contributed by atoms with van der Waals surface area (Å²) in [6, 6.07) is 31.5. The normalized spacial score (nSPS) is 13.1. The maximum Gasteiger partial charge on any atom is 0.0215 e. The molecule has 0 N–H and O–H groups in total. The molecule has 1 aliphatic carbocycles. The zero-order chi connectivity index (χ0) is 25.8. The molecule has 0 radical (unpaired) electrons. The number of aryl methyl sites for hydroxylation is 2. The fraction of sp³-hybridized carbons (Fsp3) is 0.200. The van der Waals surface area contributed by atoms with Crippen molar-refractivity contribution in [2.45, 2.75) is 43.9 Å². The average molecular weight is 612 g/mol. The van der Waals surface area contributed by atoms with Crippen LogP contribution in [0.4, 0.5) is 0 Å². The highest BCUT2D eigenvalue weighted by molar-refractivity contribution is 9.10. The molecule has 5 rings (SSSR count). The van der Waals surface area contributed by atoms with Crippen molar-refractivity contribution in [2.24, 2.45) is 0 Å². The third kappa shape index (κ3) is 5.47. The smallest absolute Gasteiger partial charge is 0.0215 e. The summed E-state index contributed by atoms with van der Waals surface area (Å²) in [6.45, 7) is 7.77. The molecule has 0 spiro atoms. The Morgan fingerprint density at radius 2 is 0.973 bits per heavy atom. The molecule has 4 aromatic rings. The van der Waals surface area contributed by atoms with Gasteiger partial charge in [-0.25, -0.2) is 0 Å². The van der Waals surface area contributed by atoms with Crippen LogP contribution in [-0.2, 0) is 18.3 Å². The Bertz CT molecular complexity index is 1300. The second kappa shape index (κ2) is 11.4. The number of hydrogen-bond acceptors (Lipinski definition) is 0. The van der Waals surface area contributed by atoms with Crippen LogP contribution >= 0.6 is 31.9 Å². The Morgan fingerprint density at radius 3 is 1.35 bits per heavy atom. The van der Waals surface area contributed by atoms with E-state index in [1.807, 2.05) is 12.2 Å². The lowest BCUT2D eigenvalue weighted by Gasteiger charge is -2.33. The predicted octanol–water partition coefficient (Wildman–Crippen LogP) is 10.8. The molecule has 0 amide bonds. The molecule has 0 fully saturated rings. The minimum Gasteiger partial charge on any atom is -0.0985 e. The van der Waals surface area contributed by atoms with Crippen molar-refractivity contribution in [3.63, 3.8) is 0 Å². The molecule has 2 heteroatoms. The maximum absolute atomic E-state index is 3.89. The number of benzene rings is 4. The van der Waals surface area contributed by atoms with Gasteiger partial charge in [0.15, 0.2) is 0 Å². The number of fused-ring (bicyclic) bond motifs is 3. The van der Waals surface area contributed by atoms with Crippen LogP contribution in [0.15, 0.2) is 107 Å². The van der Waals surface area contributed by atoms with Gasteiger partial charge in [-0.05, 0) is 107 Å². The average Bonchev–Trinajstić information content (AvgIpc) is 3.17. The summed E-state index contributed by atoms with van der Waals surface area (Å²) < 4.78 is 2.27. The maximum atomic E-state index is 3.89. The quantitative estimate of drug-likeness (QED) is 0.167. The minimum atomic E-state index is 0.0220. The molecule has 0 unspecified atom stereocenters. The molecule has 4 aromatic carbocycles. The highest BCUT2D eigenvalue weighted by Crippen LogP contribution is 2.55. The highest BCUT2D eigenvalue weighted by atomic mass is 79.9. The van der Waals surface area contributed by atoms with Crippen molar-refractivity contribution < 1.29 is 0 Å². The van der Waals surface area contributed by atoms with Crippen LogP contribution in [0.5, 0.6) is 0 Å². The van der Waals surface area contributed by atoms with Gasteiger partial charge in [-0.1, -0.05) is 118 Å². The van der Waals surface area contributed by atoms with E-state index in [1.54, 1.807) is 0 Å². The molecular formula is C35H32Br2. The van der Waals surface area contributed by atoms with E-state index < -0.39 is 0 Å². The van der Waals surface area contributed by atoms with Gasteiger partial charge in [0.2, 0.25) is 0 Å². The first-order valence-corrected chi connectivity index (χ1v) is 14.6. The molecule has 0 bridgehead atoms. The Hall–Kier alpha value is -2.68. The second-order valence-electron chi connectivity index (χ2n) is 10.1. The Morgan fingerprint density at radius 1 is 0.568 bits per heavy atom. The number of rotatable bonds is 10. The van der Waals surface area contributed by atoms with Gasteiger partial charge in [0.25, 0.3) is 0 Å². The predicted molar refractivity (Wildman–Crippen MR) is 167 cm³/mol. The van der Waals surface area contributed by atoms with Crippen LogP contribution < -0.4 is 0 Å². The second-order valence-corrected chi connectivity index (χ2v) is 11.9. The van der Waals surface area contributed by atoms with Gasteiger partial charge in [-0.2, -0.15) is 0 Å². The van der Waals surface area contributed by atoms with E-state index in [2.05, 4.69) is 130 Å². The molecule has 1 aliphatic rings. The van der Waals surface area contributed by atoms with Gasteiger partial charge >= 0.3 is 0 Å². The van der Waals surface area contributed by atoms with Crippen molar-refractivity contribution in [1.82, 2.24) is 0 Å². The topological polar surface area (TPSA) is 0 Å². The van der Waals surface area contributed by atoms with E-state index in [9.17, 15) is 0 Å². The van der Waals surface area contributed by atoms with Crippen LogP contribution in [0, 0.1) is 0 Å². The highest BCUT2D eigenvalue weighted by Gasteiger charge is 2.42. The molecular weight excluding hydrogens is 580 g/mol. The Labute approximate surface area is 238 Å². The van der Waals surface area contributed by atoms with Crippen molar-refractivity contribution in [3.05, 3.63) is 140 Å². The van der Waals surface area contributed by atoms with Gasteiger partial charge in [-0.3, -0.25) is 0 Å². The molecule has 0 saturated carbocycles. The van der Waals surface area contributed by atoms with Gasteiger partial charge in [-0.15, -0.1) is 0 Å². The lowest BCUT2D eigenvalue weighted by Crippen LogP contribution is -2.26. The SMILES string of the molecule is C=Cc1ccc(CCCC2(CCCc3ccc(C=C)cc3)c3ccc(Br)cc3-c3cc(Br)ccc32)cc1. The van der Waals surface area contributed by atoms with Gasteiger partial charge in [0.05, 0.1) is 0 Å². The van der Waals surface area contributed by atoms with Crippen molar-refractivity contribution >= 4 is 44.0 Å². The fourth-order valence-corrected chi connectivity index (χ4v) is 6.67. The van der Waals surface area contributed by atoms with E-state index in [1.165, 1.54) is 44.5 Å². The molecule has 0 saturated heterocycles. The number of halogens is 2.